The van der Waals surface area contributed by atoms with E-state index in [2.05, 4.69) is 4.99 Å². The summed E-state index contributed by atoms with van der Waals surface area (Å²) in [6.07, 6.45) is 1.37. The number of rotatable bonds is 1. The molecular weight excluding hydrogens is 90.1 g/mol. The number of nitrogens with zero attached hydrogens (tertiary/aromatic N) is 1. The quantitative estimate of drug-likeness (QED) is 0.463. The van der Waals surface area contributed by atoms with Crippen LogP contribution in [-0.2, 0) is 4.74 Å². The largest absolute Gasteiger partial charge is 0.476 e. The van der Waals surface area contributed by atoms with Crippen LogP contribution in [0.15, 0.2) is 11.1 Å². The highest BCUT2D eigenvalue weighted by Crippen LogP contribution is 1.92. The molecule has 2 heteroatoms. The van der Waals surface area contributed by atoms with Crippen LogP contribution >= 0.6 is 0 Å². The zero-order valence-corrected chi connectivity index (χ0v) is 3.92. The molecule has 0 spiro atoms. The van der Waals surface area contributed by atoms with Gasteiger partial charge in [-0.1, -0.05) is 6.58 Å². The molecule has 0 unspecified atom stereocenters. The highest BCUT2D eigenvalue weighted by molar-refractivity contribution is 5.87. The molecule has 37 valence electrons. The van der Waals surface area contributed by atoms with Gasteiger partial charge in [-0.3, -0.25) is 0 Å². The smallest absolute Gasteiger partial charge is 0.208 e. The van der Waals surface area contributed by atoms with Crippen LogP contribution in [0.25, 0.3) is 0 Å². The lowest BCUT2D eigenvalue weighted by Gasteiger charge is -1.87. The van der Waals surface area contributed by atoms with Crippen LogP contribution in [0.2, 0.25) is 0 Å². The summed E-state index contributed by atoms with van der Waals surface area (Å²) in [5.74, 6) is 0.569. The predicted octanol–water partition coefficient (Wildman–Crippen LogP) is 0.404. The van der Waals surface area contributed by atoms with Gasteiger partial charge in [0.2, 0.25) is 5.90 Å². The van der Waals surface area contributed by atoms with Crippen LogP contribution in [0.1, 0.15) is 0 Å². The number of hydrogen-bond acceptors (Lipinski definition) is 2. The van der Waals surface area contributed by atoms with Crippen molar-refractivity contribution in [3.63, 3.8) is 0 Å². The third kappa shape index (κ3) is 0.796. The number of hydrogen-bond donors (Lipinski definition) is 0. The zero-order chi connectivity index (χ0) is 5.11. The number of ether oxygens (including phenoxy) is 1. The summed E-state index contributed by atoms with van der Waals surface area (Å²) in [4.78, 5) is 3.87. The van der Waals surface area contributed by atoms with E-state index in [0.717, 1.165) is 6.54 Å². The van der Waals surface area contributed by atoms with E-state index >= 15 is 0 Å². The van der Waals surface area contributed by atoms with Gasteiger partial charge in [-0.2, -0.15) is 0 Å². The molecule has 1 rings (SSSR count). The first-order valence-corrected chi connectivity index (χ1v) is 2.15. The van der Waals surface area contributed by atoms with Gasteiger partial charge in [0.25, 0.3) is 0 Å². The van der Waals surface area contributed by atoms with Crippen LogP contribution in [0.3, 0.4) is 0 Å². The van der Waals surface area contributed by atoms with Gasteiger partial charge in [0.15, 0.2) is 0 Å². The summed E-state index contributed by atoms with van der Waals surface area (Å²) in [5, 5.41) is 0. The van der Waals surface area contributed by atoms with Gasteiger partial charge in [-0.15, -0.1) is 0 Å². The normalized spacial score (nSPS) is 18.0. The molecule has 0 saturated carbocycles. The average Bonchev–Trinajstić information content (AvgIpc) is 2.14. The maximum absolute atomic E-state index is 5.05. The van der Waals surface area contributed by atoms with Gasteiger partial charge < -0.3 is 4.74 Å². The van der Waals surface area contributed by atoms with Crippen molar-refractivity contribution in [3.8, 4) is 0 Å². The molecule has 2 nitrogen and oxygen atoms in total. The first-order valence-electron chi connectivity index (χ1n) is 2.15. The van der Waals surface area contributed by atoms with Crippen LogP contribution < -0.4 is 0 Å². The fourth-order valence-electron chi connectivity index (χ4n) is 0.453. The van der Waals surface area contributed by atoms with Crippen molar-refractivity contribution in [2.45, 2.75) is 0 Å². The van der Waals surface area contributed by atoms with Gasteiger partial charge in [0.1, 0.15) is 6.61 Å². The van der Waals surface area contributed by atoms with E-state index in [1.165, 1.54) is 6.08 Å². The molecule has 0 fully saturated rings. The Kier molecular flexibility index (Phi) is 1.11. The summed E-state index contributed by atoms with van der Waals surface area (Å²) in [5.41, 5.74) is 0. The summed E-state index contributed by atoms with van der Waals surface area (Å²) in [7, 11) is 0. The van der Waals surface area contributed by atoms with E-state index in [0.29, 0.717) is 12.5 Å². The summed E-state index contributed by atoms with van der Waals surface area (Å²) in [6.45, 7) is 6.49. The summed E-state index contributed by atoms with van der Waals surface area (Å²) in [6, 6.07) is 0. The highest BCUT2D eigenvalue weighted by Gasteiger charge is 1.99. The molecule has 1 aliphatic heterocycles. The van der Waals surface area contributed by atoms with Gasteiger partial charge in [-0.25, -0.2) is 4.99 Å². The second-order valence-corrected chi connectivity index (χ2v) is 1.24. The molecule has 0 aliphatic carbocycles. The van der Waals surface area contributed by atoms with Crippen molar-refractivity contribution in [1.82, 2.24) is 0 Å². The maximum atomic E-state index is 5.05. The topological polar surface area (TPSA) is 21.6 Å². The van der Waals surface area contributed by atoms with E-state index in [9.17, 15) is 0 Å². The Balaban J connectivity index is 2.51. The lowest BCUT2D eigenvalue weighted by molar-refractivity contribution is 0.350. The van der Waals surface area contributed by atoms with Crippen LogP contribution in [-0.4, -0.2) is 19.0 Å². The van der Waals surface area contributed by atoms with Crippen LogP contribution in [0, 0.1) is 6.58 Å². The second-order valence-electron chi connectivity index (χ2n) is 1.24. The van der Waals surface area contributed by atoms with Gasteiger partial charge in [-0.05, 0) is 6.08 Å². The number of aliphatic imine (C=N–C) groups is 1. The summed E-state index contributed by atoms with van der Waals surface area (Å²) >= 11 is 0. The fraction of sp³-hybridized carbons (Fsp3) is 0.400. The van der Waals surface area contributed by atoms with Crippen molar-refractivity contribution in [2.24, 2.45) is 4.99 Å². The lowest BCUT2D eigenvalue weighted by atomic mass is 10.6. The maximum Gasteiger partial charge on any atom is 0.208 e. The first-order chi connectivity index (χ1) is 3.43. The third-order valence-electron chi connectivity index (χ3n) is 0.751. The molecule has 1 radical (unpaired) electrons. The SMILES string of the molecule is [CH]=CC1=NCCO1. The van der Waals surface area contributed by atoms with Crippen molar-refractivity contribution >= 4 is 5.90 Å². The minimum absolute atomic E-state index is 0.569. The Bertz CT molecular complexity index is 107. The Morgan fingerprint density at radius 1 is 1.86 bits per heavy atom. The first kappa shape index (κ1) is 4.37. The molecule has 0 bridgehead atoms. The molecule has 0 saturated heterocycles. The van der Waals surface area contributed by atoms with Gasteiger partial charge in [0, 0.05) is 0 Å². The van der Waals surface area contributed by atoms with Gasteiger partial charge >= 0.3 is 0 Å². The Hall–Kier alpha value is -0.790. The van der Waals surface area contributed by atoms with Gasteiger partial charge in [0.05, 0.1) is 6.54 Å². The van der Waals surface area contributed by atoms with Crippen molar-refractivity contribution < 1.29 is 4.74 Å². The van der Waals surface area contributed by atoms with E-state index in [1.807, 2.05) is 0 Å². The van der Waals surface area contributed by atoms with Crippen molar-refractivity contribution in [3.05, 3.63) is 12.7 Å². The van der Waals surface area contributed by atoms with Crippen molar-refractivity contribution in [1.29, 1.82) is 0 Å². The van der Waals surface area contributed by atoms with E-state index in [1.54, 1.807) is 0 Å². The lowest BCUT2D eigenvalue weighted by Crippen LogP contribution is -1.91. The molecule has 0 amide bonds. The third-order valence-corrected chi connectivity index (χ3v) is 0.751. The molecule has 7 heavy (non-hydrogen) atoms. The van der Waals surface area contributed by atoms with Crippen LogP contribution in [0.5, 0.6) is 0 Å². The molecule has 0 atom stereocenters. The fourth-order valence-corrected chi connectivity index (χ4v) is 0.453. The monoisotopic (exact) mass is 96.0 g/mol. The zero-order valence-electron chi connectivity index (χ0n) is 3.92. The minimum atomic E-state index is 0.569. The summed E-state index contributed by atoms with van der Waals surface area (Å²) < 4.78 is 4.87. The minimum Gasteiger partial charge on any atom is -0.476 e. The average molecular weight is 96.1 g/mol. The molecule has 1 aliphatic rings. The molecule has 0 aromatic rings. The predicted molar refractivity (Wildman–Crippen MR) is 27.1 cm³/mol. The van der Waals surface area contributed by atoms with E-state index < -0.39 is 0 Å². The van der Waals surface area contributed by atoms with E-state index in [4.69, 9.17) is 11.3 Å². The Morgan fingerprint density at radius 2 is 2.71 bits per heavy atom. The Labute approximate surface area is 42.5 Å². The molecule has 0 aromatic heterocycles. The van der Waals surface area contributed by atoms with Crippen molar-refractivity contribution in [2.75, 3.05) is 13.2 Å². The van der Waals surface area contributed by atoms with E-state index in [-0.39, 0.29) is 0 Å². The van der Waals surface area contributed by atoms with Crippen LogP contribution in [0.4, 0.5) is 0 Å². The molecule has 0 aromatic carbocycles. The Morgan fingerprint density at radius 3 is 3.00 bits per heavy atom. The highest BCUT2D eigenvalue weighted by atomic mass is 16.5. The molecule has 1 heterocycles. The molecule has 0 N–H and O–H groups in total. The second kappa shape index (κ2) is 1.78. The standard InChI is InChI=1S/C5H6NO/c1-2-5-6-3-4-7-5/h1-2H,3-4H2. The molecular formula is C5H6NO.